The van der Waals surface area contributed by atoms with E-state index in [4.69, 9.17) is 4.89 Å². The molecule has 0 spiro atoms. The number of rotatable bonds is 3. The second-order valence-corrected chi connectivity index (χ2v) is 6.36. The van der Waals surface area contributed by atoms with E-state index < -0.39 is 16.7 Å². The summed E-state index contributed by atoms with van der Waals surface area (Å²) in [6, 6.07) is 19.5. The Bertz CT molecular complexity index is 685. The highest BCUT2D eigenvalue weighted by molar-refractivity contribution is 5.35. The van der Waals surface area contributed by atoms with Gasteiger partial charge in [0.05, 0.1) is 5.41 Å². The number of azo groups is 1. The van der Waals surface area contributed by atoms with Crippen LogP contribution in [0.15, 0.2) is 70.9 Å². The van der Waals surface area contributed by atoms with Gasteiger partial charge in [0.15, 0.2) is 0 Å². The van der Waals surface area contributed by atoms with Crippen molar-refractivity contribution in [2.45, 2.75) is 32.0 Å². The number of nitrogens with zero attached hydrogens (tertiary/aromatic N) is 2. The molecular formula is C18H20N2O2. The molecule has 0 fully saturated rings. The second-order valence-electron chi connectivity index (χ2n) is 6.36. The summed E-state index contributed by atoms with van der Waals surface area (Å²) in [7, 11) is 0. The Hall–Kier alpha value is -2.04. The Morgan fingerprint density at radius 3 is 1.77 bits per heavy atom. The van der Waals surface area contributed by atoms with Crippen molar-refractivity contribution in [3.63, 3.8) is 0 Å². The Morgan fingerprint density at radius 1 is 0.773 bits per heavy atom. The van der Waals surface area contributed by atoms with Crippen LogP contribution in [0.1, 0.15) is 31.9 Å². The van der Waals surface area contributed by atoms with E-state index in [0.717, 1.165) is 11.1 Å². The zero-order valence-electron chi connectivity index (χ0n) is 13.0. The molecule has 114 valence electrons. The largest absolute Gasteiger partial charge is 0.249 e. The molecule has 0 saturated heterocycles. The van der Waals surface area contributed by atoms with E-state index in [9.17, 15) is 5.26 Å². The molecule has 0 amide bonds. The van der Waals surface area contributed by atoms with Crippen LogP contribution in [0.2, 0.25) is 0 Å². The third kappa shape index (κ3) is 1.77. The van der Waals surface area contributed by atoms with Gasteiger partial charge in [-0.2, -0.15) is 5.11 Å². The topological polar surface area (TPSA) is 54.2 Å². The molecule has 0 aromatic heterocycles. The van der Waals surface area contributed by atoms with Crippen molar-refractivity contribution in [2.75, 3.05) is 0 Å². The summed E-state index contributed by atoms with van der Waals surface area (Å²) in [5.41, 5.74) is -0.590. The van der Waals surface area contributed by atoms with E-state index in [0.29, 0.717) is 0 Å². The van der Waals surface area contributed by atoms with Crippen molar-refractivity contribution in [2.24, 2.45) is 15.6 Å². The monoisotopic (exact) mass is 296 g/mol. The van der Waals surface area contributed by atoms with E-state index in [-0.39, 0.29) is 0 Å². The summed E-state index contributed by atoms with van der Waals surface area (Å²) < 4.78 is 0. The number of hydrogen-bond donors (Lipinski definition) is 1. The van der Waals surface area contributed by atoms with E-state index in [1.807, 2.05) is 81.4 Å². The molecule has 1 aliphatic heterocycles. The standard InChI is InChI=1S/C18H20N2O2/c1-16(2)17(3,14-10-6-4-7-11-14)19-20-18(16,22-21)15-12-8-5-9-13-15/h4-13,21H,1-3H3/t17-,18+/m1/s1. The first-order valence-electron chi connectivity index (χ1n) is 7.36. The fourth-order valence-corrected chi connectivity index (χ4v) is 3.20. The summed E-state index contributed by atoms with van der Waals surface area (Å²) in [5, 5.41) is 18.7. The van der Waals surface area contributed by atoms with Crippen LogP contribution in [0.5, 0.6) is 0 Å². The Labute approximate surface area is 130 Å². The lowest BCUT2D eigenvalue weighted by Crippen LogP contribution is -2.49. The molecule has 1 heterocycles. The van der Waals surface area contributed by atoms with Crippen LogP contribution in [0, 0.1) is 5.41 Å². The third-order valence-corrected chi connectivity index (χ3v) is 5.09. The van der Waals surface area contributed by atoms with Gasteiger partial charge in [-0.25, -0.2) is 10.1 Å². The van der Waals surface area contributed by atoms with Crippen molar-refractivity contribution in [1.82, 2.24) is 0 Å². The molecule has 4 nitrogen and oxygen atoms in total. The van der Waals surface area contributed by atoms with Crippen LogP contribution in [-0.2, 0) is 16.2 Å². The first-order chi connectivity index (χ1) is 10.5. The molecule has 2 aromatic rings. The number of benzene rings is 2. The van der Waals surface area contributed by atoms with Crippen LogP contribution in [0.25, 0.3) is 0 Å². The second kappa shape index (κ2) is 5.00. The summed E-state index contributed by atoms with van der Waals surface area (Å²) >= 11 is 0. The fraction of sp³-hybridized carbons (Fsp3) is 0.333. The maximum Gasteiger partial charge on any atom is 0.244 e. The van der Waals surface area contributed by atoms with Gasteiger partial charge in [0.2, 0.25) is 5.72 Å². The van der Waals surface area contributed by atoms with Crippen molar-refractivity contribution >= 4 is 0 Å². The lowest BCUT2D eigenvalue weighted by molar-refractivity contribution is -0.356. The lowest BCUT2D eigenvalue weighted by Gasteiger charge is -2.43. The summed E-state index contributed by atoms with van der Waals surface area (Å²) in [5.74, 6) is 0. The SMILES string of the molecule is CC1(C)[C@@](OO)(c2ccccc2)N=N[C@]1(C)c1ccccc1. The van der Waals surface area contributed by atoms with Crippen molar-refractivity contribution < 1.29 is 10.1 Å². The summed E-state index contributed by atoms with van der Waals surface area (Å²) in [4.78, 5) is 4.96. The Balaban J connectivity index is 2.17. The van der Waals surface area contributed by atoms with Gasteiger partial charge in [-0.05, 0) is 12.5 Å². The van der Waals surface area contributed by atoms with Crippen LogP contribution in [0.4, 0.5) is 0 Å². The Morgan fingerprint density at radius 2 is 1.27 bits per heavy atom. The van der Waals surface area contributed by atoms with Gasteiger partial charge < -0.3 is 0 Å². The minimum Gasteiger partial charge on any atom is -0.249 e. The molecular weight excluding hydrogens is 276 g/mol. The van der Waals surface area contributed by atoms with Gasteiger partial charge in [-0.1, -0.05) is 74.5 Å². The molecule has 22 heavy (non-hydrogen) atoms. The van der Waals surface area contributed by atoms with E-state index in [1.54, 1.807) is 0 Å². The molecule has 0 aliphatic carbocycles. The predicted molar refractivity (Wildman–Crippen MR) is 84.3 cm³/mol. The minimum absolute atomic E-state index is 0.586. The Kier molecular flexibility index (Phi) is 3.38. The molecule has 0 unspecified atom stereocenters. The molecule has 0 bridgehead atoms. The van der Waals surface area contributed by atoms with Crippen molar-refractivity contribution in [3.05, 3.63) is 71.8 Å². The first-order valence-corrected chi connectivity index (χ1v) is 7.36. The van der Waals surface area contributed by atoms with Gasteiger partial charge in [0.1, 0.15) is 5.54 Å². The first kappa shape index (κ1) is 14.9. The lowest BCUT2D eigenvalue weighted by atomic mass is 9.63. The summed E-state index contributed by atoms with van der Waals surface area (Å²) in [6.07, 6.45) is 0. The van der Waals surface area contributed by atoms with Crippen molar-refractivity contribution in [1.29, 1.82) is 0 Å². The molecule has 2 aromatic carbocycles. The zero-order chi connectivity index (χ0) is 15.8. The average molecular weight is 296 g/mol. The van der Waals surface area contributed by atoms with Gasteiger partial charge >= 0.3 is 0 Å². The van der Waals surface area contributed by atoms with Crippen LogP contribution >= 0.6 is 0 Å². The minimum atomic E-state index is -1.22. The summed E-state index contributed by atoms with van der Waals surface area (Å²) in [6.45, 7) is 6.06. The van der Waals surface area contributed by atoms with Crippen molar-refractivity contribution in [3.8, 4) is 0 Å². The van der Waals surface area contributed by atoms with E-state index in [1.165, 1.54) is 0 Å². The van der Waals surface area contributed by atoms with Crippen LogP contribution in [0.3, 0.4) is 0 Å². The highest BCUT2D eigenvalue weighted by Gasteiger charge is 2.64. The quantitative estimate of drug-likeness (QED) is 0.657. The maximum atomic E-state index is 9.73. The van der Waals surface area contributed by atoms with Gasteiger partial charge in [0, 0.05) is 5.56 Å². The van der Waals surface area contributed by atoms with Gasteiger partial charge in [-0.15, -0.1) is 5.11 Å². The molecule has 4 heteroatoms. The highest BCUT2D eigenvalue weighted by Crippen LogP contribution is 2.60. The highest BCUT2D eigenvalue weighted by atomic mass is 17.1. The molecule has 0 radical (unpaired) electrons. The van der Waals surface area contributed by atoms with Crippen LogP contribution < -0.4 is 0 Å². The smallest absolute Gasteiger partial charge is 0.244 e. The van der Waals surface area contributed by atoms with Crippen LogP contribution in [-0.4, -0.2) is 5.26 Å². The molecule has 3 rings (SSSR count). The number of hydrogen-bond acceptors (Lipinski definition) is 4. The van der Waals surface area contributed by atoms with E-state index in [2.05, 4.69) is 10.2 Å². The van der Waals surface area contributed by atoms with E-state index >= 15 is 0 Å². The molecule has 1 aliphatic rings. The zero-order valence-corrected chi connectivity index (χ0v) is 13.0. The normalized spacial score (nSPS) is 29.6. The molecule has 2 atom stereocenters. The third-order valence-electron chi connectivity index (χ3n) is 5.09. The molecule has 0 saturated carbocycles. The van der Waals surface area contributed by atoms with Gasteiger partial charge in [0.25, 0.3) is 0 Å². The predicted octanol–water partition coefficient (Wildman–Crippen LogP) is 4.74. The fourth-order valence-electron chi connectivity index (χ4n) is 3.20. The maximum absolute atomic E-state index is 9.73. The molecule has 1 N–H and O–H groups in total. The average Bonchev–Trinajstić information content (AvgIpc) is 2.78. The van der Waals surface area contributed by atoms with Gasteiger partial charge in [-0.3, -0.25) is 0 Å².